The van der Waals surface area contributed by atoms with E-state index in [0.29, 0.717) is 28.9 Å². The third kappa shape index (κ3) is 6.25. The molecule has 3 aromatic carbocycles. The molecule has 0 heterocycles. The number of carbonyl (C=O) groups excluding carboxylic acids is 1. The highest BCUT2D eigenvalue weighted by Gasteiger charge is 2.16. The Labute approximate surface area is 181 Å². The molecule has 0 aliphatic heterocycles. The van der Waals surface area contributed by atoms with Crippen LogP contribution < -0.4 is 4.74 Å². The number of hydrogen-bond donors (Lipinski definition) is 1. The van der Waals surface area contributed by atoms with Crippen LogP contribution in [0.25, 0.3) is 11.1 Å². The van der Waals surface area contributed by atoms with Gasteiger partial charge in [-0.3, -0.25) is 9.59 Å². The van der Waals surface area contributed by atoms with E-state index in [1.807, 2.05) is 18.2 Å². The molecule has 3 rings (SSSR count). The first-order valence-corrected chi connectivity index (χ1v) is 10.3. The molecule has 160 valence electrons. The molecule has 0 spiro atoms. The Kier molecular flexibility index (Phi) is 7.55. The van der Waals surface area contributed by atoms with Gasteiger partial charge in [0.25, 0.3) is 0 Å². The molecule has 0 saturated carbocycles. The number of aliphatic carboxylic acids is 1. The van der Waals surface area contributed by atoms with E-state index in [0.717, 1.165) is 19.3 Å². The molecule has 0 radical (unpaired) electrons. The SMILES string of the molecule is CC(C(=O)O)c1ccc(-c2cccc(OC(=O)CCCCc3ccccc3)c2)c(F)c1. The van der Waals surface area contributed by atoms with Crippen LogP contribution >= 0.6 is 0 Å². The zero-order valence-electron chi connectivity index (χ0n) is 17.4. The summed E-state index contributed by atoms with van der Waals surface area (Å²) in [6.07, 6.45) is 2.85. The molecule has 1 atom stereocenters. The second kappa shape index (κ2) is 10.5. The smallest absolute Gasteiger partial charge is 0.311 e. The molecule has 31 heavy (non-hydrogen) atoms. The highest BCUT2D eigenvalue weighted by molar-refractivity contribution is 5.77. The van der Waals surface area contributed by atoms with Crippen LogP contribution in [0.4, 0.5) is 4.39 Å². The van der Waals surface area contributed by atoms with Gasteiger partial charge in [0.05, 0.1) is 5.92 Å². The lowest BCUT2D eigenvalue weighted by Gasteiger charge is -2.11. The minimum Gasteiger partial charge on any atom is -0.481 e. The van der Waals surface area contributed by atoms with Gasteiger partial charge in [0.15, 0.2) is 0 Å². The average Bonchev–Trinajstić information content (AvgIpc) is 2.77. The van der Waals surface area contributed by atoms with Crippen LogP contribution in [0.1, 0.15) is 43.2 Å². The van der Waals surface area contributed by atoms with Crippen molar-refractivity contribution >= 4 is 11.9 Å². The minimum absolute atomic E-state index is 0.313. The Bertz CT molecular complexity index is 1050. The standard InChI is InChI=1S/C26H25FO4/c1-18(26(29)30)20-14-15-23(24(27)17-20)21-11-7-12-22(16-21)31-25(28)13-6-5-10-19-8-3-2-4-9-19/h2-4,7-9,11-12,14-18H,5-6,10,13H2,1H3,(H,29,30). The van der Waals surface area contributed by atoms with Crippen molar-refractivity contribution in [2.75, 3.05) is 0 Å². The quantitative estimate of drug-likeness (QED) is 0.262. The van der Waals surface area contributed by atoms with Gasteiger partial charge in [0.1, 0.15) is 11.6 Å². The summed E-state index contributed by atoms with van der Waals surface area (Å²) in [6, 6.07) is 21.2. The number of benzene rings is 3. The van der Waals surface area contributed by atoms with Crippen molar-refractivity contribution in [1.82, 2.24) is 0 Å². The molecule has 0 aliphatic carbocycles. The van der Waals surface area contributed by atoms with Crippen LogP contribution in [0.5, 0.6) is 5.75 Å². The number of aryl methyl sites for hydroxylation is 1. The van der Waals surface area contributed by atoms with Gasteiger partial charge in [-0.05, 0) is 61.1 Å². The maximum Gasteiger partial charge on any atom is 0.311 e. The van der Waals surface area contributed by atoms with E-state index in [9.17, 15) is 14.0 Å². The number of carbonyl (C=O) groups is 2. The van der Waals surface area contributed by atoms with Gasteiger partial charge in [-0.1, -0.05) is 54.6 Å². The molecule has 0 fully saturated rings. The van der Waals surface area contributed by atoms with Crippen molar-refractivity contribution in [3.05, 3.63) is 89.7 Å². The molecule has 0 bridgehead atoms. The highest BCUT2D eigenvalue weighted by atomic mass is 19.1. The van der Waals surface area contributed by atoms with Crippen LogP contribution in [0.2, 0.25) is 0 Å². The third-order valence-electron chi connectivity index (χ3n) is 5.18. The number of halogens is 1. The number of esters is 1. The van der Waals surface area contributed by atoms with Crippen LogP contribution in [0, 0.1) is 5.82 Å². The van der Waals surface area contributed by atoms with Gasteiger partial charge >= 0.3 is 11.9 Å². The van der Waals surface area contributed by atoms with Gasteiger partial charge in [0, 0.05) is 12.0 Å². The predicted octanol–water partition coefficient (Wildman–Crippen LogP) is 6.00. The monoisotopic (exact) mass is 420 g/mol. The van der Waals surface area contributed by atoms with E-state index in [1.165, 1.54) is 18.6 Å². The van der Waals surface area contributed by atoms with Crippen LogP contribution in [-0.2, 0) is 16.0 Å². The second-order valence-electron chi connectivity index (χ2n) is 7.49. The van der Waals surface area contributed by atoms with Crippen molar-refractivity contribution in [3.63, 3.8) is 0 Å². The van der Waals surface area contributed by atoms with Gasteiger partial charge in [0.2, 0.25) is 0 Å². The molecule has 1 N–H and O–H groups in total. The van der Waals surface area contributed by atoms with E-state index < -0.39 is 17.7 Å². The summed E-state index contributed by atoms with van der Waals surface area (Å²) in [5, 5.41) is 9.10. The van der Waals surface area contributed by atoms with Crippen molar-refractivity contribution < 1.29 is 23.8 Å². The fraction of sp³-hybridized carbons (Fsp3) is 0.231. The Hall–Kier alpha value is -3.47. The lowest BCUT2D eigenvalue weighted by Crippen LogP contribution is -2.08. The number of carboxylic acid groups (broad SMARTS) is 1. The summed E-state index contributed by atoms with van der Waals surface area (Å²) in [5.74, 6) is -2.29. The molecule has 3 aromatic rings. The fourth-order valence-electron chi connectivity index (χ4n) is 3.33. The topological polar surface area (TPSA) is 63.6 Å². The minimum atomic E-state index is -1.01. The summed E-state index contributed by atoms with van der Waals surface area (Å²) in [7, 11) is 0. The van der Waals surface area contributed by atoms with E-state index in [4.69, 9.17) is 9.84 Å². The van der Waals surface area contributed by atoms with E-state index in [1.54, 1.807) is 36.4 Å². The molecular weight excluding hydrogens is 395 g/mol. The average molecular weight is 420 g/mol. The first-order chi connectivity index (χ1) is 14.9. The fourth-order valence-corrected chi connectivity index (χ4v) is 3.33. The van der Waals surface area contributed by atoms with Gasteiger partial charge in [-0.2, -0.15) is 0 Å². The lowest BCUT2D eigenvalue weighted by atomic mass is 9.97. The lowest BCUT2D eigenvalue weighted by molar-refractivity contribution is -0.138. The highest BCUT2D eigenvalue weighted by Crippen LogP contribution is 2.29. The van der Waals surface area contributed by atoms with Crippen molar-refractivity contribution in [2.24, 2.45) is 0 Å². The summed E-state index contributed by atoms with van der Waals surface area (Å²) in [4.78, 5) is 23.3. The second-order valence-corrected chi connectivity index (χ2v) is 7.49. The molecule has 0 aliphatic rings. The van der Waals surface area contributed by atoms with E-state index in [-0.39, 0.29) is 5.97 Å². The van der Waals surface area contributed by atoms with E-state index in [2.05, 4.69) is 12.1 Å². The van der Waals surface area contributed by atoms with Gasteiger partial charge < -0.3 is 9.84 Å². The van der Waals surface area contributed by atoms with Crippen LogP contribution in [-0.4, -0.2) is 17.0 Å². The van der Waals surface area contributed by atoms with Gasteiger partial charge in [-0.15, -0.1) is 0 Å². The van der Waals surface area contributed by atoms with Crippen molar-refractivity contribution in [1.29, 1.82) is 0 Å². The molecule has 5 heteroatoms. The van der Waals surface area contributed by atoms with Crippen molar-refractivity contribution in [3.8, 4) is 16.9 Å². The Morgan fingerprint density at radius 3 is 2.45 bits per heavy atom. The summed E-state index contributed by atoms with van der Waals surface area (Å²) < 4.78 is 20.0. The number of carboxylic acids is 1. The zero-order chi connectivity index (χ0) is 22.2. The Morgan fingerprint density at radius 1 is 0.968 bits per heavy atom. The summed E-state index contributed by atoms with van der Waals surface area (Å²) >= 11 is 0. The van der Waals surface area contributed by atoms with Crippen LogP contribution in [0.15, 0.2) is 72.8 Å². The first kappa shape index (κ1) is 22.2. The Morgan fingerprint density at radius 2 is 1.74 bits per heavy atom. The molecule has 1 unspecified atom stereocenters. The number of unbranched alkanes of at least 4 members (excludes halogenated alkanes) is 1. The van der Waals surface area contributed by atoms with E-state index >= 15 is 0 Å². The summed E-state index contributed by atoms with van der Waals surface area (Å²) in [6.45, 7) is 1.51. The summed E-state index contributed by atoms with van der Waals surface area (Å²) in [5.41, 5.74) is 2.52. The number of ether oxygens (including phenoxy) is 1. The normalized spacial score (nSPS) is 11.7. The van der Waals surface area contributed by atoms with Gasteiger partial charge in [-0.25, -0.2) is 4.39 Å². The first-order valence-electron chi connectivity index (χ1n) is 10.3. The van der Waals surface area contributed by atoms with Crippen molar-refractivity contribution in [2.45, 2.75) is 38.5 Å². The maximum absolute atomic E-state index is 14.6. The molecular formula is C26H25FO4. The molecule has 0 amide bonds. The largest absolute Gasteiger partial charge is 0.481 e. The molecule has 0 aromatic heterocycles. The predicted molar refractivity (Wildman–Crippen MR) is 118 cm³/mol. The maximum atomic E-state index is 14.6. The Balaban J connectivity index is 1.58. The zero-order valence-corrected chi connectivity index (χ0v) is 17.4. The molecule has 0 saturated heterocycles. The number of rotatable bonds is 9. The number of hydrogen-bond acceptors (Lipinski definition) is 3. The third-order valence-corrected chi connectivity index (χ3v) is 5.18. The van der Waals surface area contributed by atoms with Crippen LogP contribution in [0.3, 0.4) is 0 Å². The molecule has 4 nitrogen and oxygen atoms in total.